The monoisotopic (exact) mass is 384 g/mol. The molecule has 0 aliphatic carbocycles. The molecule has 2 aromatic rings. The van der Waals surface area contributed by atoms with Crippen LogP contribution in [0.5, 0.6) is 0 Å². The first-order valence-corrected chi connectivity index (χ1v) is 9.34. The van der Waals surface area contributed by atoms with Gasteiger partial charge in [-0.2, -0.15) is 0 Å². The second-order valence-electron chi connectivity index (χ2n) is 6.44. The largest absolute Gasteiger partial charge is 0.330 e. The SMILES string of the molecule is CCC(=O)N(CCc1ccccc1)C1CC(=O)N(c2ccc(Cl)cc2)C1=O. The number of amides is 3. The van der Waals surface area contributed by atoms with Crippen LogP contribution in [0.4, 0.5) is 5.69 Å². The fourth-order valence-electron chi connectivity index (χ4n) is 3.27. The van der Waals surface area contributed by atoms with Crippen molar-refractivity contribution in [3.05, 3.63) is 65.2 Å². The summed E-state index contributed by atoms with van der Waals surface area (Å²) in [6.07, 6.45) is 0.918. The summed E-state index contributed by atoms with van der Waals surface area (Å²) in [6.45, 7) is 2.16. The summed E-state index contributed by atoms with van der Waals surface area (Å²) in [5.41, 5.74) is 1.56. The molecule has 0 radical (unpaired) electrons. The minimum Gasteiger partial charge on any atom is -0.330 e. The minimum absolute atomic E-state index is 0.00197. The van der Waals surface area contributed by atoms with Gasteiger partial charge in [0, 0.05) is 18.0 Å². The Kier molecular flexibility index (Phi) is 5.91. The molecular formula is C21H21ClN2O3. The third kappa shape index (κ3) is 4.19. The molecule has 5 nitrogen and oxygen atoms in total. The standard InChI is InChI=1S/C21H21ClN2O3/c1-2-19(25)23(13-12-15-6-4-3-5-7-15)18-14-20(26)24(21(18)27)17-10-8-16(22)9-11-17/h3-11,18H,2,12-14H2,1H3. The fourth-order valence-corrected chi connectivity index (χ4v) is 3.40. The van der Waals surface area contributed by atoms with Crippen LogP contribution >= 0.6 is 11.6 Å². The number of hydrogen-bond acceptors (Lipinski definition) is 3. The molecule has 1 unspecified atom stereocenters. The van der Waals surface area contributed by atoms with Gasteiger partial charge in [0.2, 0.25) is 11.8 Å². The molecular weight excluding hydrogens is 364 g/mol. The molecule has 1 atom stereocenters. The summed E-state index contributed by atoms with van der Waals surface area (Å²) < 4.78 is 0. The number of imide groups is 1. The second kappa shape index (κ2) is 8.35. The van der Waals surface area contributed by atoms with E-state index in [1.165, 1.54) is 0 Å². The van der Waals surface area contributed by atoms with Crippen molar-refractivity contribution < 1.29 is 14.4 Å². The first-order chi connectivity index (χ1) is 13.0. The maximum atomic E-state index is 13.0. The van der Waals surface area contributed by atoms with E-state index in [1.807, 2.05) is 30.3 Å². The van der Waals surface area contributed by atoms with Crippen LogP contribution < -0.4 is 4.90 Å². The van der Waals surface area contributed by atoms with Crippen molar-refractivity contribution in [3.63, 3.8) is 0 Å². The lowest BCUT2D eigenvalue weighted by Gasteiger charge is -2.27. The Bertz CT molecular complexity index is 836. The van der Waals surface area contributed by atoms with Crippen molar-refractivity contribution in [2.45, 2.75) is 32.2 Å². The Hall–Kier alpha value is -2.66. The van der Waals surface area contributed by atoms with Crippen molar-refractivity contribution >= 4 is 35.0 Å². The summed E-state index contributed by atoms with van der Waals surface area (Å²) in [4.78, 5) is 40.6. The molecule has 140 valence electrons. The zero-order chi connectivity index (χ0) is 19.4. The molecule has 27 heavy (non-hydrogen) atoms. The quantitative estimate of drug-likeness (QED) is 0.717. The van der Waals surface area contributed by atoms with Crippen LogP contribution in [0.15, 0.2) is 54.6 Å². The lowest BCUT2D eigenvalue weighted by atomic mass is 10.1. The smallest absolute Gasteiger partial charge is 0.257 e. The first-order valence-electron chi connectivity index (χ1n) is 8.97. The van der Waals surface area contributed by atoms with E-state index in [4.69, 9.17) is 11.6 Å². The highest BCUT2D eigenvalue weighted by Gasteiger charge is 2.43. The normalized spacial score (nSPS) is 16.7. The minimum atomic E-state index is -0.760. The third-order valence-electron chi connectivity index (χ3n) is 4.69. The maximum absolute atomic E-state index is 13.0. The maximum Gasteiger partial charge on any atom is 0.257 e. The second-order valence-corrected chi connectivity index (χ2v) is 6.88. The number of hydrogen-bond donors (Lipinski definition) is 0. The third-order valence-corrected chi connectivity index (χ3v) is 4.94. The van der Waals surface area contributed by atoms with Crippen molar-refractivity contribution in [1.82, 2.24) is 4.90 Å². The van der Waals surface area contributed by atoms with Crippen molar-refractivity contribution in [3.8, 4) is 0 Å². The molecule has 2 aromatic carbocycles. The molecule has 1 saturated heterocycles. The van der Waals surface area contributed by atoms with Gasteiger partial charge < -0.3 is 4.90 Å². The van der Waals surface area contributed by atoms with Crippen LogP contribution in [-0.4, -0.2) is 35.2 Å². The van der Waals surface area contributed by atoms with Gasteiger partial charge >= 0.3 is 0 Å². The van der Waals surface area contributed by atoms with Gasteiger partial charge in [-0.25, -0.2) is 4.90 Å². The van der Waals surface area contributed by atoms with Gasteiger partial charge in [-0.15, -0.1) is 0 Å². The van der Waals surface area contributed by atoms with Gasteiger partial charge in [-0.1, -0.05) is 48.9 Å². The van der Waals surface area contributed by atoms with E-state index in [2.05, 4.69) is 0 Å². The Morgan fingerprint density at radius 3 is 2.41 bits per heavy atom. The number of anilines is 1. The molecule has 0 saturated carbocycles. The van der Waals surface area contributed by atoms with Gasteiger partial charge in [0.15, 0.2) is 0 Å². The lowest BCUT2D eigenvalue weighted by Crippen LogP contribution is -2.46. The topological polar surface area (TPSA) is 57.7 Å². The Labute approximate surface area is 163 Å². The zero-order valence-corrected chi connectivity index (χ0v) is 15.9. The molecule has 0 spiro atoms. The predicted molar refractivity (Wildman–Crippen MR) is 105 cm³/mol. The number of rotatable bonds is 6. The van der Waals surface area contributed by atoms with E-state index in [-0.39, 0.29) is 30.6 Å². The van der Waals surface area contributed by atoms with Crippen molar-refractivity contribution in [2.24, 2.45) is 0 Å². The molecule has 0 N–H and O–H groups in total. The average molecular weight is 385 g/mol. The number of halogens is 1. The highest BCUT2D eigenvalue weighted by atomic mass is 35.5. The number of nitrogens with zero attached hydrogens (tertiary/aromatic N) is 2. The number of carbonyl (C=O) groups is 3. The molecule has 1 aliphatic rings. The fraction of sp³-hybridized carbons (Fsp3) is 0.286. The van der Waals surface area contributed by atoms with E-state index in [0.29, 0.717) is 23.7 Å². The molecule has 6 heteroatoms. The molecule has 1 aliphatic heterocycles. The molecule has 3 rings (SSSR count). The molecule has 3 amide bonds. The van der Waals surface area contributed by atoms with Gasteiger partial charge in [-0.05, 0) is 36.2 Å². The van der Waals surface area contributed by atoms with Crippen LogP contribution in [0, 0.1) is 0 Å². The van der Waals surface area contributed by atoms with Crippen LogP contribution in [0.25, 0.3) is 0 Å². The van der Waals surface area contributed by atoms with Crippen LogP contribution in [0.3, 0.4) is 0 Å². The number of benzene rings is 2. The van der Waals surface area contributed by atoms with E-state index in [1.54, 1.807) is 36.1 Å². The Balaban J connectivity index is 1.80. The lowest BCUT2D eigenvalue weighted by molar-refractivity contribution is -0.138. The Morgan fingerprint density at radius 2 is 1.78 bits per heavy atom. The van der Waals surface area contributed by atoms with Gasteiger partial charge in [0.1, 0.15) is 6.04 Å². The van der Waals surface area contributed by atoms with E-state index < -0.39 is 6.04 Å². The van der Waals surface area contributed by atoms with E-state index >= 15 is 0 Å². The van der Waals surface area contributed by atoms with E-state index in [0.717, 1.165) is 10.5 Å². The average Bonchev–Trinajstić information content (AvgIpc) is 2.97. The molecule has 0 bridgehead atoms. The van der Waals surface area contributed by atoms with Crippen molar-refractivity contribution in [2.75, 3.05) is 11.4 Å². The Morgan fingerprint density at radius 1 is 1.11 bits per heavy atom. The molecule has 1 fully saturated rings. The number of carbonyl (C=O) groups excluding carboxylic acids is 3. The predicted octanol–water partition coefficient (Wildman–Crippen LogP) is 3.45. The van der Waals surface area contributed by atoms with Gasteiger partial charge in [0.25, 0.3) is 5.91 Å². The van der Waals surface area contributed by atoms with Crippen molar-refractivity contribution in [1.29, 1.82) is 0 Å². The van der Waals surface area contributed by atoms with E-state index in [9.17, 15) is 14.4 Å². The summed E-state index contributed by atoms with van der Waals surface area (Å²) in [6, 6.07) is 15.6. The highest BCUT2D eigenvalue weighted by Crippen LogP contribution is 2.27. The summed E-state index contributed by atoms with van der Waals surface area (Å²) in [7, 11) is 0. The van der Waals surface area contributed by atoms with Crippen LogP contribution in [-0.2, 0) is 20.8 Å². The first kappa shape index (κ1) is 19.1. The molecule has 0 aromatic heterocycles. The summed E-state index contributed by atoms with van der Waals surface area (Å²) in [5, 5.41) is 0.528. The zero-order valence-electron chi connectivity index (χ0n) is 15.1. The molecule has 1 heterocycles. The summed E-state index contributed by atoms with van der Waals surface area (Å²) >= 11 is 5.89. The highest BCUT2D eigenvalue weighted by molar-refractivity contribution is 6.30. The summed E-state index contributed by atoms with van der Waals surface area (Å²) in [5.74, 6) is -0.798. The van der Waals surface area contributed by atoms with Crippen LogP contribution in [0.1, 0.15) is 25.3 Å². The van der Waals surface area contributed by atoms with Gasteiger partial charge in [-0.3, -0.25) is 14.4 Å². The van der Waals surface area contributed by atoms with Gasteiger partial charge in [0.05, 0.1) is 12.1 Å². The van der Waals surface area contributed by atoms with Crippen LogP contribution in [0.2, 0.25) is 5.02 Å².